The third-order valence-electron chi connectivity index (χ3n) is 3.74. The van der Waals surface area contributed by atoms with Gasteiger partial charge in [-0.15, -0.1) is 0 Å². The highest BCUT2D eigenvalue weighted by Gasteiger charge is 2.30. The number of nitrogens with two attached hydrogens (primary N) is 1. The van der Waals surface area contributed by atoms with Crippen molar-refractivity contribution in [3.8, 4) is 0 Å². The first-order valence-electron chi connectivity index (χ1n) is 5.58. The number of nitrogen functional groups attached to an aromatic ring is 1. The van der Waals surface area contributed by atoms with Gasteiger partial charge in [-0.25, -0.2) is 0 Å². The molecule has 15 heavy (non-hydrogen) atoms. The van der Waals surface area contributed by atoms with E-state index < -0.39 is 0 Å². The molecule has 3 atom stereocenters. The molecule has 3 nitrogen and oxygen atoms in total. The van der Waals surface area contributed by atoms with Gasteiger partial charge in [0.1, 0.15) is 10.8 Å². The van der Waals surface area contributed by atoms with Crippen LogP contribution in [-0.2, 0) is 0 Å². The minimum absolute atomic E-state index is 0.596. The first-order chi connectivity index (χ1) is 7.09. The van der Waals surface area contributed by atoms with Crippen molar-refractivity contribution < 1.29 is 0 Å². The Kier molecular flexibility index (Phi) is 2.87. The summed E-state index contributed by atoms with van der Waals surface area (Å²) in [6.07, 6.45) is 2.59. The summed E-state index contributed by atoms with van der Waals surface area (Å²) in [6.45, 7) is 6.69. The number of hydrogen-bond acceptors (Lipinski definition) is 4. The van der Waals surface area contributed by atoms with Crippen LogP contribution in [0.3, 0.4) is 0 Å². The molecule has 1 aliphatic carbocycles. The molecule has 0 aliphatic heterocycles. The number of rotatable bonds is 2. The quantitative estimate of drug-likeness (QED) is 0.813. The molecule has 1 aromatic rings. The second-order valence-electron chi connectivity index (χ2n) is 4.69. The third kappa shape index (κ3) is 1.95. The van der Waals surface area contributed by atoms with Crippen LogP contribution in [0.5, 0.6) is 0 Å². The lowest BCUT2D eigenvalue weighted by Gasteiger charge is -2.19. The number of aromatic nitrogens is 1. The summed E-state index contributed by atoms with van der Waals surface area (Å²) in [5.41, 5.74) is 6.84. The van der Waals surface area contributed by atoms with Crippen LogP contribution in [0, 0.1) is 18.8 Å². The van der Waals surface area contributed by atoms with Crippen molar-refractivity contribution >= 4 is 22.4 Å². The summed E-state index contributed by atoms with van der Waals surface area (Å²) in [4.78, 5) is 0. The maximum Gasteiger partial charge on any atom is 0.142 e. The molecule has 1 saturated carbocycles. The number of anilines is 2. The smallest absolute Gasteiger partial charge is 0.142 e. The Labute approximate surface area is 95.2 Å². The second kappa shape index (κ2) is 4.00. The lowest BCUT2D eigenvalue weighted by atomic mass is 9.98. The van der Waals surface area contributed by atoms with Crippen LogP contribution in [0.2, 0.25) is 0 Å². The third-order valence-corrected chi connectivity index (χ3v) is 4.64. The van der Waals surface area contributed by atoms with Crippen molar-refractivity contribution in [2.75, 3.05) is 11.1 Å². The Morgan fingerprint density at radius 1 is 1.40 bits per heavy atom. The second-order valence-corrected chi connectivity index (χ2v) is 5.46. The van der Waals surface area contributed by atoms with Crippen molar-refractivity contribution in [1.82, 2.24) is 4.37 Å². The van der Waals surface area contributed by atoms with E-state index in [1.165, 1.54) is 24.4 Å². The van der Waals surface area contributed by atoms with Gasteiger partial charge in [0.15, 0.2) is 0 Å². The molecule has 3 N–H and O–H groups in total. The zero-order chi connectivity index (χ0) is 11.0. The van der Waals surface area contributed by atoms with Crippen molar-refractivity contribution in [1.29, 1.82) is 0 Å². The predicted molar refractivity (Wildman–Crippen MR) is 66.2 cm³/mol. The maximum absolute atomic E-state index is 5.74. The Balaban J connectivity index is 2.06. The lowest BCUT2D eigenvalue weighted by Crippen LogP contribution is -2.23. The van der Waals surface area contributed by atoms with E-state index in [-0.39, 0.29) is 0 Å². The van der Waals surface area contributed by atoms with Gasteiger partial charge in [0.25, 0.3) is 0 Å². The van der Waals surface area contributed by atoms with Crippen molar-refractivity contribution in [2.45, 2.75) is 39.7 Å². The van der Waals surface area contributed by atoms with Gasteiger partial charge in [-0.3, -0.25) is 0 Å². The summed E-state index contributed by atoms with van der Waals surface area (Å²) in [6, 6.07) is 0.596. The van der Waals surface area contributed by atoms with Crippen LogP contribution in [0.1, 0.15) is 32.3 Å². The highest BCUT2D eigenvalue weighted by Crippen LogP contribution is 2.35. The number of nitrogens with zero attached hydrogens (tertiary/aromatic N) is 1. The van der Waals surface area contributed by atoms with Crippen LogP contribution in [0.25, 0.3) is 0 Å². The van der Waals surface area contributed by atoms with E-state index in [0.717, 1.165) is 22.4 Å². The van der Waals surface area contributed by atoms with Crippen LogP contribution in [0.15, 0.2) is 0 Å². The molecule has 0 spiro atoms. The molecule has 0 radical (unpaired) electrons. The molecular weight excluding hydrogens is 206 g/mol. The molecule has 1 aliphatic rings. The molecule has 1 aromatic heterocycles. The Bertz CT molecular complexity index is 348. The molecule has 1 fully saturated rings. The Morgan fingerprint density at radius 3 is 2.60 bits per heavy atom. The molecule has 0 bridgehead atoms. The fourth-order valence-corrected chi connectivity index (χ4v) is 2.99. The molecule has 4 heteroatoms. The Hall–Kier alpha value is -0.770. The largest absolute Gasteiger partial charge is 0.383 e. The molecule has 0 saturated heterocycles. The van der Waals surface area contributed by atoms with Gasteiger partial charge in [-0.1, -0.05) is 13.8 Å². The minimum atomic E-state index is 0.596. The number of hydrogen-bond donors (Lipinski definition) is 2. The molecule has 1 heterocycles. The van der Waals surface area contributed by atoms with Gasteiger partial charge < -0.3 is 11.1 Å². The topological polar surface area (TPSA) is 50.9 Å². The average molecular weight is 225 g/mol. The standard InChI is InChI=1S/C11H19N3S/c1-6-4-5-9(7(6)2)13-11-8(3)10(12)14-15-11/h6-7,9,13H,4-5H2,1-3H3,(H2,12,14). The van der Waals surface area contributed by atoms with Crippen LogP contribution in [-0.4, -0.2) is 10.4 Å². The van der Waals surface area contributed by atoms with E-state index >= 15 is 0 Å². The molecule has 0 amide bonds. The summed E-state index contributed by atoms with van der Waals surface area (Å²) < 4.78 is 4.16. The van der Waals surface area contributed by atoms with E-state index in [0.29, 0.717) is 11.9 Å². The predicted octanol–water partition coefficient (Wildman–Crippen LogP) is 2.88. The molecule has 2 rings (SSSR count). The van der Waals surface area contributed by atoms with Crippen molar-refractivity contribution in [3.63, 3.8) is 0 Å². The Morgan fingerprint density at radius 2 is 2.13 bits per heavy atom. The van der Waals surface area contributed by atoms with Crippen molar-refractivity contribution in [3.05, 3.63) is 5.56 Å². The van der Waals surface area contributed by atoms with Gasteiger partial charge >= 0.3 is 0 Å². The van der Waals surface area contributed by atoms with E-state index in [1.807, 2.05) is 6.92 Å². The van der Waals surface area contributed by atoms with E-state index in [4.69, 9.17) is 5.73 Å². The van der Waals surface area contributed by atoms with Crippen LogP contribution in [0.4, 0.5) is 10.8 Å². The highest BCUT2D eigenvalue weighted by molar-refractivity contribution is 7.10. The fourth-order valence-electron chi connectivity index (χ4n) is 2.22. The molecule has 3 unspecified atom stereocenters. The first kappa shape index (κ1) is 10.7. The minimum Gasteiger partial charge on any atom is -0.383 e. The van der Waals surface area contributed by atoms with Gasteiger partial charge in [0.05, 0.1) is 0 Å². The maximum atomic E-state index is 5.74. The zero-order valence-electron chi connectivity index (χ0n) is 9.58. The van der Waals surface area contributed by atoms with Crippen molar-refractivity contribution in [2.24, 2.45) is 11.8 Å². The average Bonchev–Trinajstić information content (AvgIpc) is 2.68. The summed E-state index contributed by atoms with van der Waals surface area (Å²) >= 11 is 1.48. The summed E-state index contributed by atoms with van der Waals surface area (Å²) in [5.74, 6) is 2.24. The zero-order valence-corrected chi connectivity index (χ0v) is 10.4. The normalized spacial score (nSPS) is 30.7. The SMILES string of the molecule is Cc1c(N)nsc1NC1CCC(C)C1C. The van der Waals surface area contributed by atoms with Gasteiger partial charge in [0.2, 0.25) is 0 Å². The van der Waals surface area contributed by atoms with E-state index in [9.17, 15) is 0 Å². The fraction of sp³-hybridized carbons (Fsp3) is 0.727. The summed E-state index contributed by atoms with van der Waals surface area (Å²) in [7, 11) is 0. The molecular formula is C11H19N3S. The van der Waals surface area contributed by atoms with E-state index in [1.54, 1.807) is 0 Å². The number of nitrogens with one attached hydrogen (secondary N) is 1. The summed E-state index contributed by atoms with van der Waals surface area (Å²) in [5, 5.41) is 4.74. The molecule has 0 aromatic carbocycles. The first-order valence-corrected chi connectivity index (χ1v) is 6.35. The van der Waals surface area contributed by atoms with E-state index in [2.05, 4.69) is 23.5 Å². The highest BCUT2D eigenvalue weighted by atomic mass is 32.1. The lowest BCUT2D eigenvalue weighted by molar-refractivity contribution is 0.436. The van der Waals surface area contributed by atoms with Gasteiger partial charge in [-0.05, 0) is 43.1 Å². The van der Waals surface area contributed by atoms with Crippen LogP contribution < -0.4 is 11.1 Å². The van der Waals surface area contributed by atoms with Gasteiger partial charge in [0, 0.05) is 11.6 Å². The monoisotopic (exact) mass is 225 g/mol. The van der Waals surface area contributed by atoms with Crippen LogP contribution >= 0.6 is 11.5 Å². The molecule has 84 valence electrons. The van der Waals surface area contributed by atoms with Gasteiger partial charge in [-0.2, -0.15) is 4.37 Å².